The number of thioether (sulfide) groups is 1. The lowest BCUT2D eigenvalue weighted by atomic mass is 10.4. The molecular weight excluding hydrogens is 252 g/mol. The third-order valence-electron chi connectivity index (χ3n) is 1.41. The Balaban J connectivity index is 2.45. The second-order valence-corrected chi connectivity index (χ2v) is 4.41. The molecule has 0 saturated carbocycles. The Bertz CT molecular complexity index is 301. The van der Waals surface area contributed by atoms with E-state index in [0.717, 1.165) is 9.37 Å². The van der Waals surface area contributed by atoms with Crippen LogP contribution in [-0.2, 0) is 4.79 Å². The van der Waals surface area contributed by atoms with Crippen LogP contribution < -0.4 is 0 Å². The number of hydrogen-bond acceptors (Lipinski definition) is 2. The number of carboxylic acids is 1. The monoisotopic (exact) mass is 260 g/mol. The summed E-state index contributed by atoms with van der Waals surface area (Å²) in [7, 11) is 0. The van der Waals surface area contributed by atoms with Crippen LogP contribution >= 0.6 is 27.7 Å². The number of rotatable bonds is 4. The minimum Gasteiger partial charge on any atom is -0.481 e. The molecular formula is C9H9BrO2S. The topological polar surface area (TPSA) is 37.3 Å². The fourth-order valence-electron chi connectivity index (χ4n) is 0.810. The molecule has 0 spiro atoms. The van der Waals surface area contributed by atoms with Crippen molar-refractivity contribution in [3.63, 3.8) is 0 Å². The van der Waals surface area contributed by atoms with E-state index in [0.29, 0.717) is 5.75 Å². The van der Waals surface area contributed by atoms with Gasteiger partial charge >= 0.3 is 5.97 Å². The first kappa shape index (κ1) is 10.6. The SMILES string of the molecule is O=C(O)CCSc1ccccc1Br. The highest BCUT2D eigenvalue weighted by Crippen LogP contribution is 2.27. The van der Waals surface area contributed by atoms with Crippen LogP contribution in [0.2, 0.25) is 0 Å². The predicted molar refractivity (Wildman–Crippen MR) is 57.1 cm³/mol. The zero-order chi connectivity index (χ0) is 9.68. The fraction of sp³-hybridized carbons (Fsp3) is 0.222. The maximum Gasteiger partial charge on any atom is 0.304 e. The molecule has 0 saturated heterocycles. The molecule has 0 aliphatic carbocycles. The Morgan fingerprint density at radius 2 is 2.15 bits per heavy atom. The number of benzene rings is 1. The van der Waals surface area contributed by atoms with Crippen LogP contribution in [-0.4, -0.2) is 16.8 Å². The summed E-state index contributed by atoms with van der Waals surface area (Å²) in [5.41, 5.74) is 0. The van der Waals surface area contributed by atoms with Crippen LogP contribution in [0.15, 0.2) is 33.6 Å². The number of carbonyl (C=O) groups is 1. The highest BCUT2D eigenvalue weighted by atomic mass is 79.9. The smallest absolute Gasteiger partial charge is 0.304 e. The van der Waals surface area contributed by atoms with Gasteiger partial charge in [-0.1, -0.05) is 12.1 Å². The summed E-state index contributed by atoms with van der Waals surface area (Å²) in [5.74, 6) is -0.141. The van der Waals surface area contributed by atoms with Crippen molar-refractivity contribution in [2.45, 2.75) is 11.3 Å². The largest absolute Gasteiger partial charge is 0.481 e. The molecule has 0 atom stereocenters. The van der Waals surface area contributed by atoms with Crippen LogP contribution in [0.1, 0.15) is 6.42 Å². The maximum atomic E-state index is 10.2. The predicted octanol–water partition coefficient (Wildman–Crippen LogP) is 3.02. The third-order valence-corrected chi connectivity index (χ3v) is 3.44. The molecule has 0 aromatic heterocycles. The van der Waals surface area contributed by atoms with Gasteiger partial charge in [0.2, 0.25) is 0 Å². The van der Waals surface area contributed by atoms with Gasteiger partial charge in [-0.15, -0.1) is 11.8 Å². The lowest BCUT2D eigenvalue weighted by Crippen LogP contribution is -1.95. The molecule has 70 valence electrons. The molecule has 0 heterocycles. The zero-order valence-electron chi connectivity index (χ0n) is 6.87. The zero-order valence-corrected chi connectivity index (χ0v) is 9.27. The molecule has 13 heavy (non-hydrogen) atoms. The van der Waals surface area contributed by atoms with Crippen LogP contribution in [0.5, 0.6) is 0 Å². The number of aliphatic carboxylic acids is 1. The molecule has 1 aromatic rings. The van der Waals surface area contributed by atoms with E-state index < -0.39 is 5.97 Å². The summed E-state index contributed by atoms with van der Waals surface area (Å²) < 4.78 is 1.02. The summed E-state index contributed by atoms with van der Waals surface area (Å²) in [4.78, 5) is 11.3. The average molecular weight is 261 g/mol. The summed E-state index contributed by atoms with van der Waals surface area (Å²) in [6, 6.07) is 7.79. The van der Waals surface area contributed by atoms with Crippen LogP contribution in [0.4, 0.5) is 0 Å². The summed E-state index contributed by atoms with van der Waals surface area (Å²) in [6.07, 6.45) is 0.200. The maximum absolute atomic E-state index is 10.2. The molecule has 4 heteroatoms. The molecule has 2 nitrogen and oxygen atoms in total. The van der Waals surface area contributed by atoms with Crippen molar-refractivity contribution in [3.8, 4) is 0 Å². The van der Waals surface area contributed by atoms with E-state index in [4.69, 9.17) is 5.11 Å². The minimum atomic E-state index is -0.750. The molecule has 0 unspecified atom stereocenters. The fourth-order valence-corrected chi connectivity index (χ4v) is 2.32. The van der Waals surface area contributed by atoms with Crippen molar-refractivity contribution in [2.24, 2.45) is 0 Å². The van der Waals surface area contributed by atoms with E-state index in [2.05, 4.69) is 15.9 Å². The van der Waals surface area contributed by atoms with E-state index in [-0.39, 0.29) is 6.42 Å². The second kappa shape index (κ2) is 5.29. The Morgan fingerprint density at radius 3 is 2.77 bits per heavy atom. The van der Waals surface area contributed by atoms with Gasteiger partial charge in [0.1, 0.15) is 0 Å². The number of hydrogen-bond donors (Lipinski definition) is 1. The molecule has 0 bridgehead atoms. The minimum absolute atomic E-state index is 0.200. The van der Waals surface area contributed by atoms with Crippen molar-refractivity contribution in [2.75, 3.05) is 5.75 Å². The van der Waals surface area contributed by atoms with Crippen molar-refractivity contribution in [1.29, 1.82) is 0 Å². The first-order chi connectivity index (χ1) is 6.20. The van der Waals surface area contributed by atoms with Gasteiger partial charge in [0.25, 0.3) is 0 Å². The highest BCUT2D eigenvalue weighted by molar-refractivity contribution is 9.10. The molecule has 0 aliphatic rings. The van der Waals surface area contributed by atoms with Gasteiger partial charge in [-0.05, 0) is 28.1 Å². The van der Waals surface area contributed by atoms with E-state index in [9.17, 15) is 4.79 Å². The summed E-state index contributed by atoms with van der Waals surface area (Å²) in [6.45, 7) is 0. The molecule has 1 N–H and O–H groups in total. The van der Waals surface area contributed by atoms with Crippen molar-refractivity contribution in [3.05, 3.63) is 28.7 Å². The lowest BCUT2D eigenvalue weighted by Gasteiger charge is -2.01. The normalized spacial score (nSPS) is 9.92. The molecule has 0 radical (unpaired) electrons. The van der Waals surface area contributed by atoms with Crippen molar-refractivity contribution in [1.82, 2.24) is 0 Å². The standard InChI is InChI=1S/C9H9BrO2S/c10-7-3-1-2-4-8(7)13-6-5-9(11)12/h1-4H,5-6H2,(H,11,12). The summed E-state index contributed by atoms with van der Waals surface area (Å²) >= 11 is 4.94. The van der Waals surface area contributed by atoms with Gasteiger partial charge in [0.15, 0.2) is 0 Å². The van der Waals surface area contributed by atoms with Gasteiger partial charge in [-0.2, -0.15) is 0 Å². The van der Waals surface area contributed by atoms with E-state index in [1.54, 1.807) is 11.8 Å². The second-order valence-electron chi connectivity index (χ2n) is 2.42. The van der Waals surface area contributed by atoms with Gasteiger partial charge < -0.3 is 5.11 Å². The van der Waals surface area contributed by atoms with Gasteiger partial charge in [0, 0.05) is 15.1 Å². The van der Waals surface area contributed by atoms with Gasteiger partial charge in [-0.25, -0.2) is 0 Å². The quantitative estimate of drug-likeness (QED) is 0.846. The van der Waals surface area contributed by atoms with Gasteiger partial charge in [-0.3, -0.25) is 4.79 Å². The number of carboxylic acid groups (broad SMARTS) is 1. The molecule has 1 rings (SSSR count). The number of halogens is 1. The molecule has 0 amide bonds. The first-order valence-corrected chi connectivity index (χ1v) is 5.57. The Labute approximate surface area is 89.5 Å². The average Bonchev–Trinajstić information content (AvgIpc) is 2.08. The van der Waals surface area contributed by atoms with Gasteiger partial charge in [0.05, 0.1) is 6.42 Å². The molecule has 0 fully saturated rings. The van der Waals surface area contributed by atoms with E-state index in [1.165, 1.54) is 0 Å². The van der Waals surface area contributed by atoms with Crippen molar-refractivity contribution < 1.29 is 9.90 Å². The Morgan fingerprint density at radius 1 is 1.46 bits per heavy atom. The third kappa shape index (κ3) is 3.83. The van der Waals surface area contributed by atoms with Crippen LogP contribution in [0, 0.1) is 0 Å². The Hall–Kier alpha value is -0.480. The molecule has 1 aromatic carbocycles. The highest BCUT2D eigenvalue weighted by Gasteiger charge is 2.01. The first-order valence-electron chi connectivity index (χ1n) is 3.79. The lowest BCUT2D eigenvalue weighted by molar-refractivity contribution is -0.136. The Kier molecular flexibility index (Phi) is 4.32. The van der Waals surface area contributed by atoms with E-state index in [1.807, 2.05) is 24.3 Å². The molecule has 0 aliphatic heterocycles. The van der Waals surface area contributed by atoms with Crippen molar-refractivity contribution >= 4 is 33.7 Å². The van der Waals surface area contributed by atoms with E-state index >= 15 is 0 Å². The summed E-state index contributed by atoms with van der Waals surface area (Å²) in [5, 5.41) is 8.44. The van der Waals surface area contributed by atoms with Crippen LogP contribution in [0.25, 0.3) is 0 Å². The van der Waals surface area contributed by atoms with Crippen LogP contribution in [0.3, 0.4) is 0 Å².